The Hall–Kier alpha value is -4.40. The number of anilines is 2. The maximum Gasteiger partial charge on any atom is 0.405 e. The molecule has 6 nitrogen and oxygen atoms in total. The summed E-state index contributed by atoms with van der Waals surface area (Å²) >= 11 is 0. The van der Waals surface area contributed by atoms with Crippen LogP contribution in [0.3, 0.4) is 0 Å². The topological polar surface area (TPSA) is 71.8 Å². The zero-order chi connectivity index (χ0) is 24.7. The highest BCUT2D eigenvalue weighted by atomic mass is 19.4. The first kappa shape index (κ1) is 23.7. The number of carbonyl (C=O) groups excluding carboxylic acids is 1. The van der Waals surface area contributed by atoms with Gasteiger partial charge >= 0.3 is 6.18 Å². The number of para-hydroxylation sites is 2. The largest absolute Gasteiger partial charge is 0.405 e. The van der Waals surface area contributed by atoms with Crippen LogP contribution in [0.15, 0.2) is 91.4 Å². The third-order valence-electron chi connectivity index (χ3n) is 4.99. The van der Waals surface area contributed by atoms with Gasteiger partial charge in [-0.1, -0.05) is 42.5 Å². The van der Waals surface area contributed by atoms with E-state index in [1.807, 2.05) is 42.6 Å². The molecule has 35 heavy (non-hydrogen) atoms. The molecule has 1 amide bonds. The molecule has 2 aromatic heterocycles. The van der Waals surface area contributed by atoms with Crippen LogP contribution in [-0.4, -0.2) is 33.4 Å². The zero-order valence-electron chi connectivity index (χ0n) is 18.5. The van der Waals surface area contributed by atoms with E-state index in [4.69, 9.17) is 0 Å². The van der Waals surface area contributed by atoms with Crippen LogP contribution in [0.5, 0.6) is 0 Å². The fraction of sp³-hybridized carbons (Fsp3) is 0.115. The molecule has 0 atom stereocenters. The van der Waals surface area contributed by atoms with E-state index < -0.39 is 18.6 Å². The first-order valence-corrected chi connectivity index (χ1v) is 10.8. The molecule has 0 aliphatic rings. The van der Waals surface area contributed by atoms with E-state index in [-0.39, 0.29) is 11.4 Å². The van der Waals surface area contributed by atoms with Gasteiger partial charge in [-0.3, -0.25) is 14.5 Å². The molecule has 4 aromatic rings. The van der Waals surface area contributed by atoms with Gasteiger partial charge in [-0.15, -0.1) is 0 Å². The van der Waals surface area contributed by atoms with Crippen molar-refractivity contribution in [3.63, 3.8) is 0 Å². The van der Waals surface area contributed by atoms with E-state index >= 15 is 0 Å². The molecule has 0 unspecified atom stereocenters. The second-order valence-electron chi connectivity index (χ2n) is 7.69. The molecule has 0 saturated carbocycles. The Morgan fingerprint density at radius 3 is 2.43 bits per heavy atom. The predicted molar refractivity (Wildman–Crippen MR) is 130 cm³/mol. The van der Waals surface area contributed by atoms with E-state index in [0.29, 0.717) is 17.8 Å². The number of pyridine rings is 1. The summed E-state index contributed by atoms with van der Waals surface area (Å²) in [5.41, 5.74) is 3.65. The van der Waals surface area contributed by atoms with Crippen LogP contribution in [0.25, 0.3) is 17.3 Å². The Kier molecular flexibility index (Phi) is 7.25. The molecule has 0 fully saturated rings. The smallest absolute Gasteiger partial charge is 0.375 e. The third kappa shape index (κ3) is 6.80. The van der Waals surface area contributed by atoms with Gasteiger partial charge in [-0.2, -0.15) is 18.3 Å². The molecule has 2 aromatic carbocycles. The fourth-order valence-electron chi connectivity index (χ4n) is 3.42. The lowest BCUT2D eigenvalue weighted by Crippen LogP contribution is -2.22. The van der Waals surface area contributed by atoms with Crippen molar-refractivity contribution in [2.24, 2.45) is 0 Å². The van der Waals surface area contributed by atoms with E-state index in [9.17, 15) is 18.0 Å². The summed E-state index contributed by atoms with van der Waals surface area (Å²) in [6, 6.07) is 19.7. The predicted octanol–water partition coefficient (Wildman–Crippen LogP) is 5.62. The number of benzene rings is 2. The van der Waals surface area contributed by atoms with Crippen LogP contribution in [0.2, 0.25) is 0 Å². The van der Waals surface area contributed by atoms with E-state index in [1.54, 1.807) is 41.4 Å². The third-order valence-corrected chi connectivity index (χ3v) is 4.99. The minimum Gasteiger partial charge on any atom is -0.375 e. The average molecular weight is 477 g/mol. The molecule has 0 aliphatic heterocycles. The quantitative estimate of drug-likeness (QED) is 0.323. The summed E-state index contributed by atoms with van der Waals surface area (Å²) in [5, 5.41) is 9.61. The monoisotopic (exact) mass is 477 g/mol. The second kappa shape index (κ2) is 10.7. The maximum atomic E-state index is 12.6. The first-order valence-electron chi connectivity index (χ1n) is 10.8. The molecule has 0 saturated heterocycles. The average Bonchev–Trinajstić information content (AvgIpc) is 3.25. The van der Waals surface area contributed by atoms with E-state index in [1.165, 1.54) is 18.2 Å². The fourth-order valence-corrected chi connectivity index (χ4v) is 3.42. The van der Waals surface area contributed by atoms with Crippen LogP contribution < -0.4 is 10.6 Å². The summed E-state index contributed by atoms with van der Waals surface area (Å²) < 4.78 is 39.5. The van der Waals surface area contributed by atoms with Crippen LogP contribution in [-0.2, 0) is 11.3 Å². The van der Waals surface area contributed by atoms with Crippen molar-refractivity contribution in [2.45, 2.75) is 12.7 Å². The summed E-state index contributed by atoms with van der Waals surface area (Å²) in [5.74, 6) is -0.487. The Morgan fingerprint density at radius 1 is 0.971 bits per heavy atom. The number of alkyl halides is 3. The summed E-state index contributed by atoms with van der Waals surface area (Å²) in [6.45, 7) is -0.656. The highest BCUT2D eigenvalue weighted by Gasteiger charge is 2.27. The molecule has 2 heterocycles. The van der Waals surface area contributed by atoms with Gasteiger partial charge in [0.25, 0.3) is 0 Å². The SMILES string of the molecule is O=C(/C=C/c1cn(Cc2ccccc2)nc1-c1cccnc1)Nc1ccccc1NCC(F)(F)F. The van der Waals surface area contributed by atoms with Crippen molar-refractivity contribution in [1.82, 2.24) is 14.8 Å². The Bertz CT molecular complexity index is 1300. The minimum absolute atomic E-state index is 0.179. The molecule has 2 N–H and O–H groups in total. The normalized spacial score (nSPS) is 11.5. The number of rotatable bonds is 8. The molecule has 178 valence electrons. The number of nitrogens with zero attached hydrogens (tertiary/aromatic N) is 3. The van der Waals surface area contributed by atoms with Crippen molar-refractivity contribution in [3.05, 3.63) is 103 Å². The van der Waals surface area contributed by atoms with Gasteiger partial charge in [-0.25, -0.2) is 0 Å². The van der Waals surface area contributed by atoms with E-state index in [0.717, 1.165) is 11.1 Å². The Balaban J connectivity index is 1.54. The van der Waals surface area contributed by atoms with Gasteiger partial charge < -0.3 is 10.6 Å². The van der Waals surface area contributed by atoms with Crippen molar-refractivity contribution in [3.8, 4) is 11.3 Å². The molecule has 0 aliphatic carbocycles. The lowest BCUT2D eigenvalue weighted by molar-refractivity contribution is -0.115. The highest BCUT2D eigenvalue weighted by Crippen LogP contribution is 2.25. The Labute approximate surface area is 200 Å². The van der Waals surface area contributed by atoms with Gasteiger partial charge in [0, 0.05) is 35.8 Å². The number of halogens is 3. The van der Waals surface area contributed by atoms with Crippen molar-refractivity contribution in [2.75, 3.05) is 17.2 Å². The highest BCUT2D eigenvalue weighted by molar-refractivity contribution is 6.04. The molecular formula is C26H22F3N5O. The lowest BCUT2D eigenvalue weighted by atomic mass is 10.1. The van der Waals surface area contributed by atoms with Crippen LogP contribution in [0.4, 0.5) is 24.5 Å². The lowest BCUT2D eigenvalue weighted by Gasteiger charge is -2.13. The first-order chi connectivity index (χ1) is 16.9. The number of carbonyl (C=O) groups is 1. The van der Waals surface area contributed by atoms with Gasteiger partial charge in [0.1, 0.15) is 12.2 Å². The van der Waals surface area contributed by atoms with Crippen LogP contribution in [0.1, 0.15) is 11.1 Å². The summed E-state index contributed by atoms with van der Waals surface area (Å²) in [7, 11) is 0. The van der Waals surface area contributed by atoms with Gasteiger partial charge in [-0.05, 0) is 35.9 Å². The van der Waals surface area contributed by atoms with Crippen molar-refractivity contribution < 1.29 is 18.0 Å². The molecule has 0 radical (unpaired) electrons. The maximum absolute atomic E-state index is 12.6. The number of amides is 1. The zero-order valence-corrected chi connectivity index (χ0v) is 18.5. The molecule has 0 bridgehead atoms. The number of hydrogen-bond donors (Lipinski definition) is 2. The minimum atomic E-state index is -4.38. The molecule has 9 heteroatoms. The van der Waals surface area contributed by atoms with Gasteiger partial charge in [0.15, 0.2) is 0 Å². The molecular weight excluding hydrogens is 455 g/mol. The number of aromatic nitrogens is 3. The van der Waals surface area contributed by atoms with Gasteiger partial charge in [0.05, 0.1) is 17.9 Å². The van der Waals surface area contributed by atoms with Crippen molar-refractivity contribution in [1.29, 1.82) is 0 Å². The molecule has 0 spiro atoms. The van der Waals surface area contributed by atoms with Gasteiger partial charge in [0.2, 0.25) is 5.91 Å². The summed E-state index contributed by atoms with van der Waals surface area (Å²) in [6.07, 6.45) is 3.76. The Morgan fingerprint density at radius 2 is 1.71 bits per heavy atom. The standard InChI is InChI=1S/C26H22F3N5O/c27-26(28,29)18-31-22-10-4-5-11-23(22)32-24(35)13-12-21-17-34(16-19-7-2-1-3-8-19)33-25(21)20-9-6-14-30-15-20/h1-15,17,31H,16,18H2,(H,32,35)/b13-12+. The molecule has 4 rings (SSSR count). The summed E-state index contributed by atoms with van der Waals surface area (Å²) in [4.78, 5) is 16.7. The van der Waals surface area contributed by atoms with Crippen molar-refractivity contribution >= 4 is 23.4 Å². The van der Waals surface area contributed by atoms with Crippen LogP contribution >= 0.6 is 0 Å². The number of hydrogen-bond acceptors (Lipinski definition) is 4. The second-order valence-corrected chi connectivity index (χ2v) is 7.69. The van der Waals surface area contributed by atoms with Crippen LogP contribution in [0, 0.1) is 0 Å². The number of nitrogens with one attached hydrogen (secondary N) is 2. The van der Waals surface area contributed by atoms with E-state index in [2.05, 4.69) is 20.7 Å².